The second kappa shape index (κ2) is 6.07. The molecule has 7 heteroatoms. The number of phenolic OH excluding ortho intramolecular Hbond substituents is 2. The van der Waals surface area contributed by atoms with Gasteiger partial charge in [-0.2, -0.15) is 0 Å². The number of carbonyl (C=O) groups excluding carboxylic acids is 1. The average molecular weight is 307 g/mol. The maximum atomic E-state index is 12.0. The number of aromatic hydroxyl groups is 2. The van der Waals surface area contributed by atoms with Crippen LogP contribution in [0.1, 0.15) is 18.1 Å². The molecular formula is C15H17NO6. The molecule has 0 bridgehead atoms. The van der Waals surface area contributed by atoms with E-state index in [0.717, 1.165) is 0 Å². The van der Waals surface area contributed by atoms with Crippen LogP contribution in [0.5, 0.6) is 11.5 Å². The van der Waals surface area contributed by atoms with E-state index in [2.05, 4.69) is 5.32 Å². The van der Waals surface area contributed by atoms with Gasteiger partial charge in [0.1, 0.15) is 0 Å². The third-order valence-corrected chi connectivity index (χ3v) is 3.34. The van der Waals surface area contributed by atoms with Gasteiger partial charge < -0.3 is 25.1 Å². The number of rotatable bonds is 4. The van der Waals surface area contributed by atoms with Gasteiger partial charge in [0.2, 0.25) is 11.7 Å². The molecule has 0 aliphatic carbocycles. The molecule has 1 aromatic heterocycles. The van der Waals surface area contributed by atoms with E-state index in [9.17, 15) is 19.8 Å². The first-order valence-corrected chi connectivity index (χ1v) is 6.73. The summed E-state index contributed by atoms with van der Waals surface area (Å²) in [6.45, 7) is 3.25. The first kappa shape index (κ1) is 15.8. The normalized spacial score (nSPS) is 12.3. The van der Waals surface area contributed by atoms with Crippen LogP contribution >= 0.6 is 0 Å². The van der Waals surface area contributed by atoms with Gasteiger partial charge in [-0.1, -0.05) is 0 Å². The minimum Gasteiger partial charge on any atom is -0.504 e. The van der Waals surface area contributed by atoms with Crippen molar-refractivity contribution in [3.63, 3.8) is 0 Å². The van der Waals surface area contributed by atoms with E-state index in [1.807, 2.05) is 0 Å². The number of carbonyl (C=O) groups is 1. The zero-order valence-corrected chi connectivity index (χ0v) is 12.2. The predicted octanol–water partition coefficient (Wildman–Crippen LogP) is 0.552. The van der Waals surface area contributed by atoms with Crippen molar-refractivity contribution in [2.75, 3.05) is 6.54 Å². The molecule has 0 fully saturated rings. The molecule has 0 aliphatic heterocycles. The lowest BCUT2D eigenvalue weighted by Gasteiger charge is -2.10. The minimum atomic E-state index is -0.752. The third-order valence-electron chi connectivity index (χ3n) is 3.34. The minimum absolute atomic E-state index is 0.0887. The van der Waals surface area contributed by atoms with Crippen LogP contribution in [0, 0.1) is 6.92 Å². The van der Waals surface area contributed by atoms with E-state index in [4.69, 9.17) is 9.52 Å². The number of aliphatic hydroxyl groups is 1. The van der Waals surface area contributed by atoms with Crippen molar-refractivity contribution >= 4 is 16.9 Å². The molecule has 1 heterocycles. The summed E-state index contributed by atoms with van der Waals surface area (Å²) < 4.78 is 5.02. The Hall–Kier alpha value is -2.54. The summed E-state index contributed by atoms with van der Waals surface area (Å²) in [6.07, 6.45) is -0.878. The van der Waals surface area contributed by atoms with Crippen LogP contribution in [0.25, 0.3) is 11.0 Å². The number of aliphatic hydroxyl groups excluding tert-OH is 1. The van der Waals surface area contributed by atoms with Crippen LogP contribution in [0.2, 0.25) is 0 Å². The van der Waals surface area contributed by atoms with Gasteiger partial charge in [-0.05, 0) is 31.5 Å². The second-order valence-corrected chi connectivity index (χ2v) is 5.13. The lowest BCUT2D eigenvalue weighted by Crippen LogP contribution is -2.33. The zero-order chi connectivity index (χ0) is 16.4. The summed E-state index contributed by atoms with van der Waals surface area (Å²) in [4.78, 5) is 23.8. The maximum Gasteiger partial charge on any atom is 0.340 e. The summed E-state index contributed by atoms with van der Waals surface area (Å²) >= 11 is 0. The molecule has 2 rings (SSSR count). The molecule has 0 saturated carbocycles. The van der Waals surface area contributed by atoms with Crippen LogP contribution in [0.3, 0.4) is 0 Å². The highest BCUT2D eigenvalue weighted by Crippen LogP contribution is 2.34. The van der Waals surface area contributed by atoms with Crippen molar-refractivity contribution in [1.29, 1.82) is 0 Å². The van der Waals surface area contributed by atoms with Crippen LogP contribution in [-0.2, 0) is 11.2 Å². The number of amides is 1. The van der Waals surface area contributed by atoms with Gasteiger partial charge in [-0.25, -0.2) is 4.79 Å². The largest absolute Gasteiger partial charge is 0.504 e. The molecule has 0 aliphatic rings. The van der Waals surface area contributed by atoms with Crippen molar-refractivity contribution in [3.05, 3.63) is 33.7 Å². The molecule has 1 atom stereocenters. The van der Waals surface area contributed by atoms with E-state index in [1.54, 1.807) is 6.92 Å². The maximum absolute atomic E-state index is 12.0. The zero-order valence-electron chi connectivity index (χ0n) is 12.2. The van der Waals surface area contributed by atoms with Crippen LogP contribution < -0.4 is 10.9 Å². The van der Waals surface area contributed by atoms with Gasteiger partial charge in [0.15, 0.2) is 11.3 Å². The quantitative estimate of drug-likeness (QED) is 0.484. The Morgan fingerprint density at radius 3 is 2.68 bits per heavy atom. The number of nitrogens with one attached hydrogen (secondary N) is 1. The van der Waals surface area contributed by atoms with Crippen molar-refractivity contribution in [2.45, 2.75) is 26.4 Å². The molecule has 1 aromatic carbocycles. The van der Waals surface area contributed by atoms with Crippen LogP contribution in [0.4, 0.5) is 0 Å². The van der Waals surface area contributed by atoms with Crippen molar-refractivity contribution in [2.24, 2.45) is 0 Å². The highest BCUT2D eigenvalue weighted by atomic mass is 16.4. The second-order valence-electron chi connectivity index (χ2n) is 5.13. The van der Waals surface area contributed by atoms with E-state index < -0.39 is 29.1 Å². The molecule has 1 amide bonds. The van der Waals surface area contributed by atoms with E-state index >= 15 is 0 Å². The molecule has 4 N–H and O–H groups in total. The number of hydrogen-bond acceptors (Lipinski definition) is 6. The molecule has 7 nitrogen and oxygen atoms in total. The van der Waals surface area contributed by atoms with Gasteiger partial charge in [-0.3, -0.25) is 4.79 Å². The average Bonchev–Trinajstić information content (AvgIpc) is 2.45. The summed E-state index contributed by atoms with van der Waals surface area (Å²) in [5, 5.41) is 31.2. The van der Waals surface area contributed by atoms with E-state index in [-0.39, 0.29) is 24.1 Å². The monoisotopic (exact) mass is 307 g/mol. The van der Waals surface area contributed by atoms with Crippen molar-refractivity contribution in [1.82, 2.24) is 5.32 Å². The fourth-order valence-electron chi connectivity index (χ4n) is 2.12. The molecular weight excluding hydrogens is 290 g/mol. The lowest BCUT2D eigenvalue weighted by atomic mass is 10.0. The Morgan fingerprint density at radius 2 is 2.05 bits per heavy atom. The van der Waals surface area contributed by atoms with E-state index in [0.29, 0.717) is 10.9 Å². The highest BCUT2D eigenvalue weighted by molar-refractivity contribution is 5.89. The molecule has 1 unspecified atom stereocenters. The summed E-state index contributed by atoms with van der Waals surface area (Å²) in [7, 11) is 0. The van der Waals surface area contributed by atoms with E-state index in [1.165, 1.54) is 19.1 Å². The third kappa shape index (κ3) is 3.04. The van der Waals surface area contributed by atoms with Crippen LogP contribution in [-0.4, -0.2) is 33.9 Å². The number of fused-ring (bicyclic) bond motifs is 1. The van der Waals surface area contributed by atoms with Crippen LogP contribution in [0.15, 0.2) is 21.3 Å². The molecule has 118 valence electrons. The first-order chi connectivity index (χ1) is 10.3. The molecule has 0 radical (unpaired) electrons. The Labute approximate surface area is 125 Å². The Balaban J connectivity index is 2.42. The first-order valence-electron chi connectivity index (χ1n) is 6.73. The van der Waals surface area contributed by atoms with Gasteiger partial charge in [0.05, 0.1) is 18.1 Å². The van der Waals surface area contributed by atoms with Crippen molar-refractivity contribution < 1.29 is 24.5 Å². The van der Waals surface area contributed by atoms with Gasteiger partial charge in [0, 0.05) is 11.9 Å². The molecule has 22 heavy (non-hydrogen) atoms. The summed E-state index contributed by atoms with van der Waals surface area (Å²) in [6, 6.07) is 2.78. The highest BCUT2D eigenvalue weighted by Gasteiger charge is 2.18. The summed E-state index contributed by atoms with van der Waals surface area (Å²) in [5.41, 5.74) is -0.205. The Kier molecular flexibility index (Phi) is 4.37. The SMILES string of the molecule is Cc1c(CC(=O)NCC(C)O)c(=O)oc2c(O)c(O)ccc12. The number of hydrogen-bond donors (Lipinski definition) is 4. The fraction of sp³-hybridized carbons (Fsp3) is 0.333. The Bertz CT molecular complexity index is 778. The summed E-state index contributed by atoms with van der Waals surface area (Å²) in [5.74, 6) is -1.32. The standard InChI is InChI=1S/C15H17NO6/c1-7(17)6-16-12(19)5-10-8(2)9-3-4-11(18)13(20)14(9)22-15(10)21/h3-4,7,17-18,20H,5-6H2,1-2H3,(H,16,19). The Morgan fingerprint density at radius 1 is 1.36 bits per heavy atom. The van der Waals surface area contributed by atoms with Gasteiger partial charge in [0.25, 0.3) is 0 Å². The fourth-order valence-corrected chi connectivity index (χ4v) is 2.12. The number of phenols is 2. The molecule has 0 spiro atoms. The molecule has 0 saturated heterocycles. The molecule has 2 aromatic rings. The topological polar surface area (TPSA) is 120 Å². The lowest BCUT2D eigenvalue weighted by molar-refractivity contribution is -0.120. The van der Waals surface area contributed by atoms with Gasteiger partial charge >= 0.3 is 5.63 Å². The smallest absolute Gasteiger partial charge is 0.340 e. The van der Waals surface area contributed by atoms with Crippen molar-refractivity contribution in [3.8, 4) is 11.5 Å². The number of benzene rings is 1. The number of aryl methyl sites for hydroxylation is 1. The predicted molar refractivity (Wildman–Crippen MR) is 78.9 cm³/mol. The van der Waals surface area contributed by atoms with Gasteiger partial charge in [-0.15, -0.1) is 0 Å².